The maximum absolute atomic E-state index is 12.9. The fourth-order valence-corrected chi connectivity index (χ4v) is 4.56. The summed E-state index contributed by atoms with van der Waals surface area (Å²) in [5, 5.41) is 0.654. The second kappa shape index (κ2) is 8.72. The molecule has 1 unspecified atom stereocenters. The number of carbonyl (C=O) groups is 1. The SMILES string of the molecule is O=C(c1ccc(Cl)cc1)N1CCSC1c1ccc(OCc2ccccc2)cc1. The molecule has 142 valence electrons. The first-order valence-electron chi connectivity index (χ1n) is 9.15. The number of rotatable bonds is 5. The van der Waals surface area contributed by atoms with Crippen LogP contribution in [0.3, 0.4) is 0 Å². The topological polar surface area (TPSA) is 29.5 Å². The van der Waals surface area contributed by atoms with E-state index in [1.54, 1.807) is 36.0 Å². The summed E-state index contributed by atoms with van der Waals surface area (Å²) in [6.07, 6.45) is 0. The molecule has 5 heteroatoms. The molecule has 1 heterocycles. The van der Waals surface area contributed by atoms with Crippen LogP contribution in [0.5, 0.6) is 5.75 Å². The summed E-state index contributed by atoms with van der Waals surface area (Å²) < 4.78 is 5.86. The Balaban J connectivity index is 1.44. The molecule has 0 aliphatic carbocycles. The second-order valence-corrected chi connectivity index (χ2v) is 8.20. The van der Waals surface area contributed by atoms with Gasteiger partial charge in [-0.1, -0.05) is 54.1 Å². The Hall–Kier alpha value is -2.43. The van der Waals surface area contributed by atoms with E-state index in [1.165, 1.54) is 0 Å². The fraction of sp³-hybridized carbons (Fsp3) is 0.174. The van der Waals surface area contributed by atoms with Crippen LogP contribution in [-0.2, 0) is 6.61 Å². The van der Waals surface area contributed by atoms with Crippen molar-refractivity contribution >= 4 is 29.3 Å². The summed E-state index contributed by atoms with van der Waals surface area (Å²) in [5.74, 6) is 1.79. The van der Waals surface area contributed by atoms with E-state index in [0.717, 1.165) is 29.2 Å². The third-order valence-corrected chi connectivity index (χ3v) is 6.17. The number of amides is 1. The maximum atomic E-state index is 12.9. The number of nitrogens with zero attached hydrogens (tertiary/aromatic N) is 1. The molecular weight excluding hydrogens is 390 g/mol. The minimum absolute atomic E-state index is 0.0198. The van der Waals surface area contributed by atoms with Crippen molar-refractivity contribution in [3.05, 3.63) is 101 Å². The monoisotopic (exact) mass is 409 g/mol. The highest BCUT2D eigenvalue weighted by molar-refractivity contribution is 7.99. The third-order valence-electron chi connectivity index (χ3n) is 4.66. The Morgan fingerprint density at radius 1 is 1.00 bits per heavy atom. The summed E-state index contributed by atoms with van der Waals surface area (Å²) in [7, 11) is 0. The first kappa shape index (κ1) is 18.9. The molecule has 28 heavy (non-hydrogen) atoms. The third kappa shape index (κ3) is 4.34. The van der Waals surface area contributed by atoms with E-state index in [4.69, 9.17) is 16.3 Å². The molecule has 1 atom stereocenters. The fourth-order valence-electron chi connectivity index (χ4n) is 3.18. The molecule has 0 aromatic heterocycles. The Labute approximate surface area is 174 Å². The van der Waals surface area contributed by atoms with Gasteiger partial charge in [-0.25, -0.2) is 0 Å². The van der Waals surface area contributed by atoms with Gasteiger partial charge in [0.15, 0.2) is 0 Å². The zero-order valence-electron chi connectivity index (χ0n) is 15.3. The van der Waals surface area contributed by atoms with Gasteiger partial charge in [-0.2, -0.15) is 0 Å². The quantitative estimate of drug-likeness (QED) is 0.532. The Morgan fingerprint density at radius 2 is 1.71 bits per heavy atom. The van der Waals surface area contributed by atoms with Crippen LogP contribution >= 0.6 is 23.4 Å². The van der Waals surface area contributed by atoms with E-state index in [-0.39, 0.29) is 11.3 Å². The lowest BCUT2D eigenvalue weighted by Gasteiger charge is -2.24. The zero-order chi connectivity index (χ0) is 19.3. The molecule has 1 aliphatic heterocycles. The van der Waals surface area contributed by atoms with Crippen LogP contribution in [0.1, 0.15) is 26.9 Å². The van der Waals surface area contributed by atoms with Gasteiger partial charge in [0.25, 0.3) is 5.91 Å². The maximum Gasteiger partial charge on any atom is 0.255 e. The van der Waals surface area contributed by atoms with Crippen molar-refractivity contribution in [3.8, 4) is 5.75 Å². The minimum Gasteiger partial charge on any atom is -0.489 e. The van der Waals surface area contributed by atoms with E-state index in [1.807, 2.05) is 59.5 Å². The van der Waals surface area contributed by atoms with Gasteiger partial charge in [0.2, 0.25) is 0 Å². The summed E-state index contributed by atoms with van der Waals surface area (Å²) in [6, 6.07) is 25.2. The molecule has 0 saturated carbocycles. The van der Waals surface area contributed by atoms with Crippen molar-refractivity contribution in [1.29, 1.82) is 0 Å². The Bertz CT molecular complexity index is 929. The molecule has 1 saturated heterocycles. The number of benzene rings is 3. The Kier molecular flexibility index (Phi) is 5.89. The van der Waals surface area contributed by atoms with Crippen LogP contribution < -0.4 is 4.74 Å². The molecule has 1 aliphatic rings. The summed E-state index contributed by atoms with van der Waals surface area (Å²) >= 11 is 7.72. The minimum atomic E-state index is 0.0198. The van der Waals surface area contributed by atoms with Crippen LogP contribution in [-0.4, -0.2) is 23.1 Å². The molecule has 3 aromatic rings. The van der Waals surface area contributed by atoms with Crippen LogP contribution in [0, 0.1) is 0 Å². The molecule has 0 radical (unpaired) electrons. The molecule has 0 bridgehead atoms. The van der Waals surface area contributed by atoms with Crippen LogP contribution in [0.2, 0.25) is 5.02 Å². The van der Waals surface area contributed by atoms with Gasteiger partial charge in [0.05, 0.1) is 0 Å². The normalized spacial score (nSPS) is 16.2. The lowest BCUT2D eigenvalue weighted by atomic mass is 10.1. The number of ether oxygens (including phenoxy) is 1. The molecule has 4 rings (SSSR count). The number of thioether (sulfide) groups is 1. The van der Waals surface area contributed by atoms with Crippen molar-refractivity contribution in [2.45, 2.75) is 12.0 Å². The number of halogens is 1. The van der Waals surface area contributed by atoms with Gasteiger partial charge in [0.1, 0.15) is 17.7 Å². The molecule has 1 amide bonds. The van der Waals surface area contributed by atoms with Crippen LogP contribution in [0.15, 0.2) is 78.9 Å². The van der Waals surface area contributed by atoms with Crippen molar-refractivity contribution in [3.63, 3.8) is 0 Å². The van der Waals surface area contributed by atoms with Crippen molar-refractivity contribution in [2.75, 3.05) is 12.3 Å². The van der Waals surface area contributed by atoms with Crippen molar-refractivity contribution in [2.24, 2.45) is 0 Å². The highest BCUT2D eigenvalue weighted by Gasteiger charge is 2.31. The predicted octanol–water partition coefficient (Wildman–Crippen LogP) is 5.81. The van der Waals surface area contributed by atoms with Crippen LogP contribution in [0.4, 0.5) is 0 Å². The lowest BCUT2D eigenvalue weighted by Crippen LogP contribution is -2.30. The molecule has 3 nitrogen and oxygen atoms in total. The number of carbonyl (C=O) groups excluding carboxylic acids is 1. The standard InChI is InChI=1S/C23H20ClNO2S/c24-20-10-6-18(7-11-20)22(26)25-14-15-28-23(25)19-8-12-21(13-9-19)27-16-17-4-2-1-3-5-17/h1-13,23H,14-16H2. The smallest absolute Gasteiger partial charge is 0.255 e. The van der Waals surface area contributed by atoms with Gasteiger partial charge >= 0.3 is 0 Å². The predicted molar refractivity (Wildman–Crippen MR) is 115 cm³/mol. The summed E-state index contributed by atoms with van der Waals surface area (Å²) in [6.45, 7) is 1.28. The van der Waals surface area contributed by atoms with Gasteiger partial charge in [0, 0.05) is 22.9 Å². The number of hydrogen-bond acceptors (Lipinski definition) is 3. The summed E-state index contributed by atoms with van der Waals surface area (Å²) in [4.78, 5) is 14.8. The van der Waals surface area contributed by atoms with Crippen molar-refractivity contribution in [1.82, 2.24) is 4.90 Å². The zero-order valence-corrected chi connectivity index (χ0v) is 16.8. The van der Waals surface area contributed by atoms with Gasteiger partial charge < -0.3 is 9.64 Å². The average molecular weight is 410 g/mol. The van der Waals surface area contributed by atoms with E-state index >= 15 is 0 Å². The van der Waals surface area contributed by atoms with Gasteiger partial charge in [-0.15, -0.1) is 11.8 Å². The van der Waals surface area contributed by atoms with Gasteiger partial charge in [-0.05, 0) is 47.5 Å². The van der Waals surface area contributed by atoms with Gasteiger partial charge in [-0.3, -0.25) is 4.79 Å². The van der Waals surface area contributed by atoms with E-state index in [2.05, 4.69) is 0 Å². The number of hydrogen-bond donors (Lipinski definition) is 0. The van der Waals surface area contributed by atoms with E-state index in [9.17, 15) is 4.79 Å². The average Bonchev–Trinajstić information content (AvgIpc) is 3.23. The highest BCUT2D eigenvalue weighted by Crippen LogP contribution is 2.39. The lowest BCUT2D eigenvalue weighted by molar-refractivity contribution is 0.0760. The molecule has 3 aromatic carbocycles. The van der Waals surface area contributed by atoms with E-state index in [0.29, 0.717) is 17.2 Å². The van der Waals surface area contributed by atoms with Crippen LogP contribution in [0.25, 0.3) is 0 Å². The largest absolute Gasteiger partial charge is 0.489 e. The molecule has 0 N–H and O–H groups in total. The second-order valence-electron chi connectivity index (χ2n) is 6.57. The molecule has 0 spiro atoms. The first-order valence-corrected chi connectivity index (χ1v) is 10.6. The van der Waals surface area contributed by atoms with Crippen molar-refractivity contribution < 1.29 is 9.53 Å². The Morgan fingerprint density at radius 3 is 2.43 bits per heavy atom. The molecular formula is C23H20ClNO2S. The highest BCUT2D eigenvalue weighted by atomic mass is 35.5. The van der Waals surface area contributed by atoms with E-state index < -0.39 is 0 Å². The summed E-state index contributed by atoms with van der Waals surface area (Å²) in [5.41, 5.74) is 2.91. The first-order chi connectivity index (χ1) is 13.7. The molecule has 1 fully saturated rings.